The van der Waals surface area contributed by atoms with Crippen LogP contribution in [0.2, 0.25) is 0 Å². The van der Waals surface area contributed by atoms with Gasteiger partial charge in [0.25, 0.3) is 0 Å². The zero-order valence-corrected chi connectivity index (χ0v) is 14.2. The van der Waals surface area contributed by atoms with Gasteiger partial charge in [0.1, 0.15) is 0 Å². The van der Waals surface area contributed by atoms with Crippen LogP contribution < -0.4 is 11.1 Å². The van der Waals surface area contributed by atoms with Gasteiger partial charge in [0.2, 0.25) is 5.91 Å². The summed E-state index contributed by atoms with van der Waals surface area (Å²) in [4.78, 5) is 11.0. The number of rotatable bonds is 8. The van der Waals surface area contributed by atoms with Crippen LogP contribution in [0.4, 0.5) is 5.69 Å². The Morgan fingerprint density at radius 1 is 1.27 bits per heavy atom. The molecule has 0 aliphatic rings. The Balaban J connectivity index is 2.55. The molecule has 4 atom stereocenters. The predicted octanol–water partition coefficient (Wildman–Crippen LogP) is 2.95. The predicted molar refractivity (Wildman–Crippen MR) is 91.7 cm³/mol. The minimum atomic E-state index is -0.468. The van der Waals surface area contributed by atoms with Gasteiger partial charge in [-0.1, -0.05) is 32.4 Å². The van der Waals surface area contributed by atoms with Gasteiger partial charge in [0, 0.05) is 18.7 Å². The smallest absolute Gasteiger partial charge is 0.221 e. The number of aryl methyl sites for hydroxylation is 1. The highest BCUT2D eigenvalue weighted by Gasteiger charge is 2.25. The maximum atomic E-state index is 11.0. The molecule has 4 N–H and O–H groups in total. The molecule has 4 heteroatoms. The standard InChI is InChI=1S/C18H30N2O2/c1-5-17(18(19)13(3)21)12(2)6-7-15-8-10-16(11-9-15)20-14(4)22/h8-13,17-18,21H,5-7,19H2,1-4H3,(H,20,22). The number of nitrogens with two attached hydrogens (primary N) is 1. The number of hydrogen-bond donors (Lipinski definition) is 3. The average Bonchev–Trinajstić information content (AvgIpc) is 2.46. The van der Waals surface area contributed by atoms with Crippen molar-refractivity contribution in [2.24, 2.45) is 17.6 Å². The largest absolute Gasteiger partial charge is 0.392 e. The van der Waals surface area contributed by atoms with Crippen molar-refractivity contribution in [3.05, 3.63) is 29.8 Å². The van der Waals surface area contributed by atoms with Crippen molar-refractivity contribution in [3.63, 3.8) is 0 Å². The molecule has 0 fully saturated rings. The summed E-state index contributed by atoms with van der Waals surface area (Å²) in [5.74, 6) is 0.738. The second-order valence-electron chi connectivity index (χ2n) is 6.28. The summed E-state index contributed by atoms with van der Waals surface area (Å²) in [7, 11) is 0. The van der Waals surface area contributed by atoms with Crippen LogP contribution in [0.1, 0.15) is 46.1 Å². The molecule has 0 heterocycles. The Hall–Kier alpha value is -1.39. The second-order valence-corrected chi connectivity index (χ2v) is 6.28. The fraction of sp³-hybridized carbons (Fsp3) is 0.611. The van der Waals surface area contributed by atoms with E-state index in [1.54, 1.807) is 6.92 Å². The van der Waals surface area contributed by atoms with Crippen molar-refractivity contribution < 1.29 is 9.90 Å². The lowest BCUT2D eigenvalue weighted by Crippen LogP contribution is -2.42. The van der Waals surface area contributed by atoms with Crippen LogP contribution >= 0.6 is 0 Å². The minimum absolute atomic E-state index is 0.0562. The van der Waals surface area contributed by atoms with Gasteiger partial charge in [0.05, 0.1) is 6.10 Å². The van der Waals surface area contributed by atoms with Gasteiger partial charge in [0.15, 0.2) is 0 Å². The number of hydrogen-bond acceptors (Lipinski definition) is 3. The molecular weight excluding hydrogens is 276 g/mol. The molecule has 0 saturated heterocycles. The van der Waals surface area contributed by atoms with E-state index in [9.17, 15) is 9.90 Å². The molecule has 1 aromatic carbocycles. The van der Waals surface area contributed by atoms with Crippen molar-refractivity contribution in [1.82, 2.24) is 0 Å². The second kappa shape index (κ2) is 8.91. The molecule has 0 spiro atoms. The number of benzene rings is 1. The Kier molecular flexibility index (Phi) is 7.56. The topological polar surface area (TPSA) is 75.4 Å². The number of carbonyl (C=O) groups is 1. The molecule has 0 saturated carbocycles. The number of amides is 1. The number of aliphatic hydroxyl groups excluding tert-OH is 1. The molecule has 1 rings (SSSR count). The average molecular weight is 306 g/mol. The van der Waals surface area contributed by atoms with E-state index < -0.39 is 6.10 Å². The number of carbonyl (C=O) groups excluding carboxylic acids is 1. The van der Waals surface area contributed by atoms with Crippen LogP contribution in [-0.2, 0) is 11.2 Å². The quantitative estimate of drug-likeness (QED) is 0.691. The summed E-state index contributed by atoms with van der Waals surface area (Å²) in [6.07, 6.45) is 2.53. The van der Waals surface area contributed by atoms with Crippen molar-refractivity contribution in [2.45, 2.75) is 59.1 Å². The highest BCUT2D eigenvalue weighted by atomic mass is 16.3. The Morgan fingerprint density at radius 3 is 2.32 bits per heavy atom. The maximum Gasteiger partial charge on any atom is 0.221 e. The first-order chi connectivity index (χ1) is 10.3. The molecule has 22 heavy (non-hydrogen) atoms. The van der Waals surface area contributed by atoms with Crippen molar-refractivity contribution in [1.29, 1.82) is 0 Å². The van der Waals surface area contributed by atoms with E-state index in [-0.39, 0.29) is 11.9 Å². The van der Waals surface area contributed by atoms with E-state index in [0.29, 0.717) is 11.8 Å². The van der Waals surface area contributed by atoms with E-state index in [1.165, 1.54) is 12.5 Å². The number of aliphatic hydroxyl groups is 1. The molecule has 0 radical (unpaired) electrons. The number of nitrogens with one attached hydrogen (secondary N) is 1. The molecule has 124 valence electrons. The SMILES string of the molecule is CCC(C(C)CCc1ccc(NC(C)=O)cc1)C(N)C(C)O. The molecule has 4 unspecified atom stereocenters. The Morgan fingerprint density at radius 2 is 1.86 bits per heavy atom. The first-order valence-electron chi connectivity index (χ1n) is 8.15. The third kappa shape index (κ3) is 5.78. The van der Waals surface area contributed by atoms with Gasteiger partial charge in [-0.05, 0) is 49.3 Å². The van der Waals surface area contributed by atoms with Crippen molar-refractivity contribution >= 4 is 11.6 Å². The fourth-order valence-corrected chi connectivity index (χ4v) is 2.98. The highest BCUT2D eigenvalue weighted by Crippen LogP contribution is 2.25. The van der Waals surface area contributed by atoms with Gasteiger partial charge < -0.3 is 16.2 Å². The summed E-state index contributed by atoms with van der Waals surface area (Å²) < 4.78 is 0. The van der Waals surface area contributed by atoms with Crippen molar-refractivity contribution in [2.75, 3.05) is 5.32 Å². The van der Waals surface area contributed by atoms with Gasteiger partial charge in [-0.3, -0.25) is 4.79 Å². The molecule has 1 amide bonds. The van der Waals surface area contributed by atoms with Crippen LogP contribution in [0.5, 0.6) is 0 Å². The third-order valence-electron chi connectivity index (χ3n) is 4.42. The van der Waals surface area contributed by atoms with Gasteiger partial charge >= 0.3 is 0 Å². The molecule has 0 aromatic heterocycles. The highest BCUT2D eigenvalue weighted by molar-refractivity contribution is 5.88. The van der Waals surface area contributed by atoms with E-state index >= 15 is 0 Å². The lowest BCUT2D eigenvalue weighted by atomic mass is 9.80. The molecule has 1 aromatic rings. The fourth-order valence-electron chi connectivity index (χ4n) is 2.98. The summed E-state index contributed by atoms with van der Waals surface area (Å²) in [5.41, 5.74) is 8.19. The van der Waals surface area contributed by atoms with Gasteiger partial charge in [-0.2, -0.15) is 0 Å². The molecule has 0 aliphatic carbocycles. The Bertz CT molecular complexity index is 457. The van der Waals surface area contributed by atoms with Crippen LogP contribution in [0.3, 0.4) is 0 Å². The van der Waals surface area contributed by atoms with Gasteiger partial charge in [-0.25, -0.2) is 0 Å². The molecular formula is C18H30N2O2. The monoisotopic (exact) mass is 306 g/mol. The van der Waals surface area contributed by atoms with Crippen LogP contribution in [0.15, 0.2) is 24.3 Å². The zero-order valence-electron chi connectivity index (χ0n) is 14.2. The number of anilines is 1. The van der Waals surface area contributed by atoms with E-state index in [4.69, 9.17) is 5.73 Å². The van der Waals surface area contributed by atoms with Crippen LogP contribution in [0.25, 0.3) is 0 Å². The third-order valence-corrected chi connectivity index (χ3v) is 4.42. The summed E-state index contributed by atoms with van der Waals surface area (Å²) in [6, 6.07) is 7.80. The molecule has 4 nitrogen and oxygen atoms in total. The van der Waals surface area contributed by atoms with Gasteiger partial charge in [-0.15, -0.1) is 0 Å². The lowest BCUT2D eigenvalue weighted by molar-refractivity contribution is -0.114. The van der Waals surface area contributed by atoms with Crippen LogP contribution in [-0.4, -0.2) is 23.2 Å². The first-order valence-corrected chi connectivity index (χ1v) is 8.15. The van der Waals surface area contributed by atoms with E-state index in [2.05, 4.69) is 19.2 Å². The minimum Gasteiger partial charge on any atom is -0.392 e. The summed E-state index contributed by atoms with van der Waals surface area (Å²) >= 11 is 0. The zero-order chi connectivity index (χ0) is 16.7. The van der Waals surface area contributed by atoms with Crippen LogP contribution in [0, 0.1) is 11.8 Å². The van der Waals surface area contributed by atoms with Crippen molar-refractivity contribution in [3.8, 4) is 0 Å². The first kappa shape index (κ1) is 18.7. The normalized spacial score (nSPS) is 16.6. The summed E-state index contributed by atoms with van der Waals surface area (Å²) in [6.45, 7) is 7.61. The summed E-state index contributed by atoms with van der Waals surface area (Å²) in [5, 5.41) is 12.5. The molecule has 0 bridgehead atoms. The van der Waals surface area contributed by atoms with E-state index in [0.717, 1.165) is 24.9 Å². The lowest BCUT2D eigenvalue weighted by Gasteiger charge is -2.30. The molecule has 0 aliphatic heterocycles. The van der Waals surface area contributed by atoms with E-state index in [1.807, 2.05) is 24.3 Å². The Labute approximate surface area is 134 Å². The maximum absolute atomic E-state index is 11.0.